The number of rotatable bonds is 7. The molecule has 1 fully saturated rings. The first-order valence-electron chi connectivity index (χ1n) is 11.3. The van der Waals surface area contributed by atoms with Crippen LogP contribution in [0.25, 0.3) is 11.0 Å². The van der Waals surface area contributed by atoms with Crippen molar-refractivity contribution in [3.8, 4) is 11.5 Å². The Balaban J connectivity index is 1.46. The molecule has 1 saturated heterocycles. The standard InChI is InChI=1S/C22H25ClN6O6S/c1-36(31,32)11-4-24-19-16-14(23)12-25-20(16)28-22(27-19)26-15-3-2-13(17-18(15)35-10-9-34-17)21(30)29-5-7-33-8-6-29/h2-3,12H,4-11H2,1H3,(H3,24,25,26,27,28). The van der Waals surface area contributed by atoms with Crippen LogP contribution in [0.3, 0.4) is 0 Å². The first-order chi connectivity index (χ1) is 17.3. The molecule has 5 rings (SSSR count). The summed E-state index contributed by atoms with van der Waals surface area (Å²) in [6, 6.07) is 3.40. The number of morpholine rings is 1. The zero-order chi connectivity index (χ0) is 25.3. The molecule has 2 aliphatic rings. The lowest BCUT2D eigenvalue weighted by atomic mass is 10.1. The van der Waals surface area contributed by atoms with Gasteiger partial charge in [-0.2, -0.15) is 9.97 Å². The number of carbonyl (C=O) groups excluding carboxylic acids is 1. The molecule has 192 valence electrons. The summed E-state index contributed by atoms with van der Waals surface area (Å²) >= 11 is 6.29. The molecule has 14 heteroatoms. The molecule has 4 heterocycles. The van der Waals surface area contributed by atoms with Crippen LogP contribution in [-0.2, 0) is 14.6 Å². The van der Waals surface area contributed by atoms with E-state index in [1.165, 1.54) is 6.26 Å². The number of ether oxygens (including phenoxy) is 3. The second kappa shape index (κ2) is 9.99. The second-order valence-corrected chi connectivity index (χ2v) is 11.0. The minimum Gasteiger partial charge on any atom is -0.485 e. The van der Waals surface area contributed by atoms with Crippen molar-refractivity contribution >= 4 is 55.8 Å². The second-order valence-electron chi connectivity index (χ2n) is 8.36. The maximum atomic E-state index is 13.1. The molecule has 0 atom stereocenters. The van der Waals surface area contributed by atoms with Crippen LogP contribution >= 0.6 is 11.6 Å². The Bertz CT molecular complexity index is 1410. The molecule has 2 aromatic heterocycles. The van der Waals surface area contributed by atoms with Crippen LogP contribution in [0.5, 0.6) is 11.5 Å². The fourth-order valence-electron chi connectivity index (χ4n) is 3.99. The van der Waals surface area contributed by atoms with E-state index >= 15 is 0 Å². The van der Waals surface area contributed by atoms with Gasteiger partial charge in [0.1, 0.15) is 34.5 Å². The van der Waals surface area contributed by atoms with E-state index in [0.717, 1.165) is 0 Å². The molecular formula is C22H25ClN6O6S. The predicted molar refractivity (Wildman–Crippen MR) is 135 cm³/mol. The van der Waals surface area contributed by atoms with E-state index in [2.05, 4.69) is 25.6 Å². The summed E-state index contributed by atoms with van der Waals surface area (Å²) in [6.07, 6.45) is 2.75. The summed E-state index contributed by atoms with van der Waals surface area (Å²) in [5.41, 5.74) is 1.39. The van der Waals surface area contributed by atoms with Gasteiger partial charge in [-0.3, -0.25) is 4.79 Å². The lowest BCUT2D eigenvalue weighted by molar-refractivity contribution is 0.0298. The van der Waals surface area contributed by atoms with Gasteiger partial charge >= 0.3 is 0 Å². The van der Waals surface area contributed by atoms with Crippen molar-refractivity contribution in [2.45, 2.75) is 0 Å². The summed E-state index contributed by atoms with van der Waals surface area (Å²) < 4.78 is 40.2. The number of benzene rings is 1. The number of aromatic nitrogens is 3. The Morgan fingerprint density at radius 3 is 2.64 bits per heavy atom. The van der Waals surface area contributed by atoms with E-state index < -0.39 is 9.84 Å². The third kappa shape index (κ3) is 5.13. The maximum absolute atomic E-state index is 13.1. The summed E-state index contributed by atoms with van der Waals surface area (Å²) in [5, 5.41) is 7.11. The first-order valence-corrected chi connectivity index (χ1v) is 13.8. The number of anilines is 3. The van der Waals surface area contributed by atoms with E-state index in [4.69, 9.17) is 25.8 Å². The van der Waals surface area contributed by atoms with Gasteiger partial charge in [-0.25, -0.2) is 8.42 Å². The van der Waals surface area contributed by atoms with Gasteiger partial charge in [0, 0.05) is 32.1 Å². The van der Waals surface area contributed by atoms with Gasteiger partial charge in [-0.1, -0.05) is 11.6 Å². The Morgan fingerprint density at radius 1 is 1.14 bits per heavy atom. The van der Waals surface area contributed by atoms with Gasteiger partial charge in [0.25, 0.3) is 5.91 Å². The van der Waals surface area contributed by atoms with Crippen molar-refractivity contribution in [3.63, 3.8) is 0 Å². The number of sulfone groups is 1. The summed E-state index contributed by atoms with van der Waals surface area (Å²) in [7, 11) is -3.16. The number of nitrogens with zero attached hydrogens (tertiary/aromatic N) is 3. The van der Waals surface area contributed by atoms with Crippen LogP contribution in [0.15, 0.2) is 18.3 Å². The molecule has 3 N–H and O–H groups in total. The Hall–Kier alpha value is -3.29. The fraction of sp³-hybridized carbons (Fsp3) is 0.409. The van der Waals surface area contributed by atoms with Gasteiger partial charge in [-0.15, -0.1) is 0 Å². The molecule has 0 radical (unpaired) electrons. The molecule has 0 spiro atoms. The van der Waals surface area contributed by atoms with E-state index in [0.29, 0.717) is 84.1 Å². The molecule has 12 nitrogen and oxygen atoms in total. The molecule has 3 aromatic rings. The van der Waals surface area contributed by atoms with Crippen molar-refractivity contribution in [1.29, 1.82) is 0 Å². The minimum absolute atomic E-state index is 0.0688. The Labute approximate surface area is 212 Å². The Morgan fingerprint density at radius 2 is 1.89 bits per heavy atom. The van der Waals surface area contributed by atoms with E-state index in [-0.39, 0.29) is 24.2 Å². The highest BCUT2D eigenvalue weighted by molar-refractivity contribution is 7.90. The van der Waals surface area contributed by atoms with Crippen LogP contribution in [0.1, 0.15) is 10.4 Å². The lowest BCUT2D eigenvalue weighted by Crippen LogP contribution is -2.41. The van der Waals surface area contributed by atoms with Gasteiger partial charge in [0.15, 0.2) is 11.5 Å². The van der Waals surface area contributed by atoms with Crippen molar-refractivity contribution < 1.29 is 27.4 Å². The van der Waals surface area contributed by atoms with E-state index in [9.17, 15) is 13.2 Å². The highest BCUT2D eigenvalue weighted by Gasteiger charge is 2.28. The number of fused-ring (bicyclic) bond motifs is 2. The van der Waals surface area contributed by atoms with Gasteiger partial charge in [0.05, 0.1) is 40.6 Å². The summed E-state index contributed by atoms with van der Waals surface area (Å²) in [4.78, 5) is 26.8. The summed E-state index contributed by atoms with van der Waals surface area (Å²) in [6.45, 7) is 2.80. The number of H-pyrrole nitrogens is 1. The van der Waals surface area contributed by atoms with Crippen LogP contribution in [-0.4, -0.2) is 92.2 Å². The third-order valence-corrected chi connectivity index (χ3v) is 6.96. The van der Waals surface area contributed by atoms with Crippen LogP contribution in [0.2, 0.25) is 5.02 Å². The molecular weight excluding hydrogens is 512 g/mol. The zero-order valence-electron chi connectivity index (χ0n) is 19.5. The van der Waals surface area contributed by atoms with Gasteiger partial charge < -0.3 is 34.7 Å². The van der Waals surface area contributed by atoms with E-state index in [1.54, 1.807) is 23.2 Å². The average Bonchev–Trinajstić information content (AvgIpc) is 3.24. The number of hydrogen-bond acceptors (Lipinski definition) is 10. The third-order valence-electron chi connectivity index (χ3n) is 5.71. The SMILES string of the molecule is CS(=O)(=O)CCNc1nc(Nc2ccc(C(=O)N3CCOCC3)c3c2OCCO3)nc2[nH]cc(Cl)c12. The number of halogens is 1. The number of nitrogens with one attached hydrogen (secondary N) is 3. The molecule has 0 aliphatic carbocycles. The number of carbonyl (C=O) groups is 1. The molecule has 36 heavy (non-hydrogen) atoms. The Kier molecular flexibility index (Phi) is 6.77. The van der Waals surface area contributed by atoms with Crippen LogP contribution in [0.4, 0.5) is 17.5 Å². The monoisotopic (exact) mass is 536 g/mol. The highest BCUT2D eigenvalue weighted by Crippen LogP contribution is 2.42. The summed E-state index contributed by atoms with van der Waals surface area (Å²) in [5.74, 6) is 1.12. The number of aromatic amines is 1. The topological polar surface area (TPSA) is 148 Å². The van der Waals surface area contributed by atoms with Crippen molar-refractivity contribution in [1.82, 2.24) is 19.9 Å². The van der Waals surface area contributed by atoms with E-state index in [1.807, 2.05) is 0 Å². The molecule has 0 saturated carbocycles. The normalized spacial score (nSPS) is 15.7. The zero-order valence-corrected chi connectivity index (χ0v) is 21.0. The lowest BCUT2D eigenvalue weighted by Gasteiger charge is -2.29. The van der Waals surface area contributed by atoms with Gasteiger partial charge in [-0.05, 0) is 12.1 Å². The molecule has 0 unspecified atom stereocenters. The average molecular weight is 537 g/mol. The van der Waals surface area contributed by atoms with Crippen LogP contribution in [0, 0.1) is 0 Å². The minimum atomic E-state index is -3.16. The van der Waals surface area contributed by atoms with Crippen LogP contribution < -0.4 is 20.1 Å². The molecule has 2 aliphatic heterocycles. The largest absolute Gasteiger partial charge is 0.485 e. The molecule has 1 aromatic carbocycles. The fourth-order valence-corrected chi connectivity index (χ4v) is 4.70. The van der Waals surface area contributed by atoms with Crippen molar-refractivity contribution in [3.05, 3.63) is 28.9 Å². The first kappa shape index (κ1) is 24.4. The number of amides is 1. The smallest absolute Gasteiger partial charge is 0.257 e. The maximum Gasteiger partial charge on any atom is 0.257 e. The molecule has 1 amide bonds. The predicted octanol–water partition coefficient (Wildman–Crippen LogP) is 2.05. The quantitative estimate of drug-likeness (QED) is 0.409. The van der Waals surface area contributed by atoms with Gasteiger partial charge in [0.2, 0.25) is 5.95 Å². The highest BCUT2D eigenvalue weighted by atomic mass is 35.5. The van der Waals surface area contributed by atoms with Crippen molar-refractivity contribution in [2.24, 2.45) is 0 Å². The van der Waals surface area contributed by atoms with Crippen molar-refractivity contribution in [2.75, 3.05) is 68.7 Å². The molecule has 0 bridgehead atoms. The number of hydrogen-bond donors (Lipinski definition) is 3.